The summed E-state index contributed by atoms with van der Waals surface area (Å²) in [7, 11) is 0. The summed E-state index contributed by atoms with van der Waals surface area (Å²) in [4.78, 5) is 12.8. The molecule has 2 aliphatic heterocycles. The smallest absolute Gasteiger partial charge is 0.249 e. The van der Waals surface area contributed by atoms with E-state index in [4.69, 9.17) is 47.6 Å². The molecular weight excluding hydrogens is 548 g/mol. The molecular formula is C24H48N6O11. The second-order valence-corrected chi connectivity index (χ2v) is 11.0. The molecule has 240 valence electrons. The van der Waals surface area contributed by atoms with Gasteiger partial charge in [0.2, 0.25) is 5.91 Å². The third kappa shape index (κ3) is 8.08. The standard InChI is InChI=1S/C24H48N6O11/c25-6-2-1-3-11(32)22(37)30-15-17(34)14(29)20(40-23-10(27)5-4-9(7-26)38-23)19(36)21(15)41-24-18(35)13(28)16(33)12(8-31)39-24/h9-21,23-24,31-36H,1-8,25-29H2,(H,30,37)/t9?,10?,11-,12?,13-,14-,15+,16+,17?,18?,19?,20?,21-,23+,24+/m0/s1. The predicted molar refractivity (Wildman–Crippen MR) is 141 cm³/mol. The lowest BCUT2D eigenvalue weighted by Gasteiger charge is -2.50. The quantitative estimate of drug-likeness (QED) is 0.0931. The van der Waals surface area contributed by atoms with Crippen LogP contribution in [0, 0.1) is 0 Å². The van der Waals surface area contributed by atoms with E-state index >= 15 is 0 Å². The van der Waals surface area contributed by atoms with Crippen molar-refractivity contribution in [2.75, 3.05) is 19.7 Å². The Morgan fingerprint density at radius 2 is 1.56 bits per heavy atom. The number of nitrogens with one attached hydrogen (secondary N) is 1. The van der Waals surface area contributed by atoms with Crippen molar-refractivity contribution in [2.24, 2.45) is 28.7 Å². The Morgan fingerprint density at radius 1 is 0.878 bits per heavy atom. The van der Waals surface area contributed by atoms with E-state index in [1.54, 1.807) is 0 Å². The van der Waals surface area contributed by atoms with Crippen molar-refractivity contribution in [3.8, 4) is 0 Å². The van der Waals surface area contributed by atoms with Gasteiger partial charge in [-0.1, -0.05) is 0 Å². The number of amides is 1. The summed E-state index contributed by atoms with van der Waals surface area (Å²) in [6.07, 6.45) is -12.7. The molecule has 0 radical (unpaired) electrons. The number of hydrogen-bond donors (Lipinski definition) is 12. The largest absolute Gasteiger partial charge is 0.394 e. The molecule has 1 aliphatic carbocycles. The Labute approximate surface area is 238 Å². The summed E-state index contributed by atoms with van der Waals surface area (Å²) >= 11 is 0. The van der Waals surface area contributed by atoms with Crippen LogP contribution in [0.25, 0.3) is 0 Å². The van der Waals surface area contributed by atoms with Crippen molar-refractivity contribution in [3.05, 3.63) is 0 Å². The van der Waals surface area contributed by atoms with Gasteiger partial charge in [-0.05, 0) is 38.6 Å². The zero-order chi connectivity index (χ0) is 30.4. The molecule has 0 aromatic rings. The van der Waals surface area contributed by atoms with Gasteiger partial charge in [0, 0.05) is 6.54 Å². The molecule has 1 amide bonds. The number of ether oxygens (including phenoxy) is 4. The van der Waals surface area contributed by atoms with Gasteiger partial charge in [0.15, 0.2) is 12.6 Å². The van der Waals surface area contributed by atoms with Gasteiger partial charge in [0.1, 0.15) is 42.7 Å². The fourth-order valence-corrected chi connectivity index (χ4v) is 5.35. The minimum Gasteiger partial charge on any atom is -0.394 e. The topological polar surface area (TPSA) is 317 Å². The number of carbonyl (C=O) groups excluding carboxylic acids is 1. The number of carbonyl (C=O) groups is 1. The molecule has 1 saturated carbocycles. The highest BCUT2D eigenvalue weighted by Gasteiger charge is 2.54. The van der Waals surface area contributed by atoms with Gasteiger partial charge in [-0.2, -0.15) is 0 Å². The van der Waals surface area contributed by atoms with Crippen LogP contribution in [0.5, 0.6) is 0 Å². The van der Waals surface area contributed by atoms with E-state index < -0.39 is 98.1 Å². The molecule has 17 nitrogen and oxygen atoms in total. The van der Waals surface area contributed by atoms with Crippen LogP contribution >= 0.6 is 0 Å². The summed E-state index contributed by atoms with van der Waals surface area (Å²) in [6, 6.07) is -4.63. The van der Waals surface area contributed by atoms with E-state index in [0.29, 0.717) is 32.2 Å². The number of aliphatic hydroxyl groups is 6. The monoisotopic (exact) mass is 596 g/mol. The van der Waals surface area contributed by atoms with Crippen LogP contribution in [0.1, 0.15) is 32.1 Å². The highest BCUT2D eigenvalue weighted by Crippen LogP contribution is 2.32. The average molecular weight is 597 g/mol. The lowest BCUT2D eigenvalue weighted by atomic mass is 9.81. The summed E-state index contributed by atoms with van der Waals surface area (Å²) < 4.78 is 23.1. The first kappa shape index (κ1) is 34.4. The van der Waals surface area contributed by atoms with Crippen LogP contribution in [0.2, 0.25) is 0 Å². The van der Waals surface area contributed by atoms with E-state index in [-0.39, 0.29) is 19.1 Å². The third-order valence-corrected chi connectivity index (χ3v) is 7.99. The van der Waals surface area contributed by atoms with E-state index in [1.807, 2.05) is 0 Å². The van der Waals surface area contributed by atoms with Gasteiger partial charge < -0.3 is 83.6 Å². The number of nitrogens with two attached hydrogens (primary N) is 5. The minimum absolute atomic E-state index is 0.0896. The van der Waals surface area contributed by atoms with Gasteiger partial charge in [-0.25, -0.2) is 0 Å². The van der Waals surface area contributed by atoms with E-state index in [1.165, 1.54) is 0 Å². The minimum atomic E-state index is -1.67. The maximum atomic E-state index is 12.8. The third-order valence-electron chi connectivity index (χ3n) is 7.99. The Morgan fingerprint density at radius 3 is 2.20 bits per heavy atom. The van der Waals surface area contributed by atoms with Gasteiger partial charge in [-0.3, -0.25) is 4.79 Å². The van der Waals surface area contributed by atoms with E-state index in [0.717, 1.165) is 0 Å². The van der Waals surface area contributed by atoms with Crippen LogP contribution in [0.3, 0.4) is 0 Å². The predicted octanol–water partition coefficient (Wildman–Crippen LogP) is -6.65. The van der Waals surface area contributed by atoms with Crippen LogP contribution in [-0.4, -0.2) is 148 Å². The molecule has 3 fully saturated rings. The summed E-state index contributed by atoms with van der Waals surface area (Å²) in [5.41, 5.74) is 29.5. The zero-order valence-electron chi connectivity index (χ0n) is 22.9. The maximum absolute atomic E-state index is 12.8. The lowest BCUT2D eigenvalue weighted by molar-refractivity contribution is -0.319. The molecule has 17 N–H and O–H groups in total. The number of aliphatic hydroxyl groups excluding tert-OH is 6. The second-order valence-electron chi connectivity index (χ2n) is 11.0. The number of unbranched alkanes of at least 4 members (excludes halogenated alkanes) is 1. The highest BCUT2D eigenvalue weighted by atomic mass is 16.7. The molecule has 17 heteroatoms. The van der Waals surface area contributed by atoms with Gasteiger partial charge in [-0.15, -0.1) is 0 Å². The molecule has 7 unspecified atom stereocenters. The molecule has 2 heterocycles. The van der Waals surface area contributed by atoms with Crippen LogP contribution in [0.15, 0.2) is 0 Å². The summed E-state index contributed by atoms with van der Waals surface area (Å²) in [6.45, 7) is -0.0803. The molecule has 41 heavy (non-hydrogen) atoms. The Balaban J connectivity index is 1.86. The molecule has 0 bridgehead atoms. The maximum Gasteiger partial charge on any atom is 0.249 e. The van der Waals surface area contributed by atoms with Crippen LogP contribution in [0.4, 0.5) is 0 Å². The summed E-state index contributed by atoms with van der Waals surface area (Å²) in [5.74, 6) is -0.868. The van der Waals surface area contributed by atoms with Gasteiger partial charge in [0.25, 0.3) is 0 Å². The van der Waals surface area contributed by atoms with Gasteiger partial charge >= 0.3 is 0 Å². The first-order chi connectivity index (χ1) is 19.4. The number of hydrogen-bond acceptors (Lipinski definition) is 16. The Hall–Kier alpha value is -1.13. The lowest BCUT2D eigenvalue weighted by Crippen LogP contribution is -2.74. The van der Waals surface area contributed by atoms with E-state index in [2.05, 4.69) is 5.32 Å². The fraction of sp³-hybridized carbons (Fsp3) is 0.958. The van der Waals surface area contributed by atoms with Crippen molar-refractivity contribution in [1.29, 1.82) is 0 Å². The van der Waals surface area contributed by atoms with Crippen molar-refractivity contribution >= 4 is 5.91 Å². The Kier molecular flexibility index (Phi) is 13.0. The van der Waals surface area contributed by atoms with Crippen molar-refractivity contribution in [3.63, 3.8) is 0 Å². The number of rotatable bonds is 12. The highest BCUT2D eigenvalue weighted by molar-refractivity contribution is 5.80. The Bertz CT molecular complexity index is 818. The van der Waals surface area contributed by atoms with E-state index in [9.17, 15) is 35.4 Å². The normalized spacial score (nSPS) is 44.4. The zero-order valence-corrected chi connectivity index (χ0v) is 22.9. The molecule has 2 saturated heterocycles. The fourth-order valence-electron chi connectivity index (χ4n) is 5.35. The summed E-state index contributed by atoms with van der Waals surface area (Å²) in [5, 5.41) is 65.9. The molecule has 0 aromatic carbocycles. The molecule has 0 spiro atoms. The van der Waals surface area contributed by atoms with Crippen molar-refractivity contribution in [1.82, 2.24) is 5.32 Å². The first-order valence-corrected chi connectivity index (χ1v) is 14.0. The molecule has 3 rings (SSSR count). The second kappa shape index (κ2) is 15.6. The van der Waals surface area contributed by atoms with Crippen LogP contribution < -0.4 is 34.0 Å². The molecule has 0 aromatic heterocycles. The van der Waals surface area contributed by atoms with Crippen molar-refractivity contribution < 1.29 is 54.4 Å². The van der Waals surface area contributed by atoms with Gasteiger partial charge in [0.05, 0.1) is 43.0 Å². The average Bonchev–Trinajstić information content (AvgIpc) is 2.96. The van der Waals surface area contributed by atoms with Crippen LogP contribution in [-0.2, 0) is 23.7 Å². The van der Waals surface area contributed by atoms with Crippen molar-refractivity contribution in [2.45, 2.75) is 124 Å². The SMILES string of the molecule is NCCCC[C@H](O)C(=O)N[C@@H]1C(O)[C@H](N)C(O[C@H]2OC(CN)CCC2N)C(O)[C@H]1O[C@H]1OC(CO)[C@@H](O)[C@H](N)C1O. The molecule has 3 aliphatic rings. The molecule has 15 atom stereocenters. The first-order valence-electron chi connectivity index (χ1n) is 14.0.